The predicted molar refractivity (Wildman–Crippen MR) is 194 cm³/mol. The van der Waals surface area contributed by atoms with E-state index in [9.17, 15) is 0 Å². The van der Waals surface area contributed by atoms with Gasteiger partial charge in [-0.05, 0) is 122 Å². The number of hydrogen-bond donors (Lipinski definition) is 0. The monoisotopic (exact) mass is 594 g/mol. The smallest absolute Gasteiger partial charge is 0.0433 e. The van der Waals surface area contributed by atoms with Crippen molar-refractivity contribution >= 4 is 55.0 Å². The van der Waals surface area contributed by atoms with Crippen molar-refractivity contribution in [1.29, 1.82) is 0 Å². The molecule has 10 rings (SSSR count). The Balaban J connectivity index is 1.10. The van der Waals surface area contributed by atoms with Crippen LogP contribution in [0.5, 0.6) is 0 Å². The molecule has 0 fully saturated rings. The highest BCUT2D eigenvalue weighted by Crippen LogP contribution is 2.52. The third-order valence-corrected chi connectivity index (χ3v) is 12.3. The van der Waals surface area contributed by atoms with Gasteiger partial charge in [0.05, 0.1) is 0 Å². The highest BCUT2D eigenvalue weighted by molar-refractivity contribution is 7.18. The van der Waals surface area contributed by atoms with E-state index in [2.05, 4.69) is 121 Å². The molecule has 1 heterocycles. The van der Waals surface area contributed by atoms with Crippen LogP contribution < -0.4 is 9.75 Å². The summed E-state index contributed by atoms with van der Waals surface area (Å²) in [5.41, 5.74) is 14.7. The van der Waals surface area contributed by atoms with E-state index in [0.717, 1.165) is 25.7 Å². The van der Waals surface area contributed by atoms with Gasteiger partial charge in [0.25, 0.3) is 0 Å². The molecule has 2 unspecified atom stereocenters. The van der Waals surface area contributed by atoms with Gasteiger partial charge in [-0.25, -0.2) is 0 Å². The van der Waals surface area contributed by atoms with Gasteiger partial charge in [-0.1, -0.05) is 115 Å². The molecule has 0 aliphatic heterocycles. The lowest BCUT2D eigenvalue weighted by Gasteiger charge is -2.34. The first-order chi connectivity index (χ1) is 22.3. The molecule has 0 saturated carbocycles. The molecule has 1 aromatic heterocycles. The summed E-state index contributed by atoms with van der Waals surface area (Å²) >= 11 is 2.01. The van der Waals surface area contributed by atoms with Crippen LogP contribution in [0.25, 0.3) is 54.8 Å². The van der Waals surface area contributed by atoms with Crippen LogP contribution in [-0.4, -0.2) is 0 Å². The SMILES string of the molecule is C1=CC2=CC=C(c3ccc4c(c3)-c3ccccc3C3CC(C5=c6sc7c(ccc8ccccc87)c6=CCC5)=CC=C43)CC2CC1. The summed E-state index contributed by atoms with van der Waals surface area (Å²) in [7, 11) is 0. The normalized spacial score (nSPS) is 21.4. The van der Waals surface area contributed by atoms with Gasteiger partial charge in [0.15, 0.2) is 0 Å². The van der Waals surface area contributed by atoms with E-state index in [1.807, 2.05) is 11.3 Å². The summed E-state index contributed by atoms with van der Waals surface area (Å²) in [5, 5.41) is 5.60. The maximum Gasteiger partial charge on any atom is 0.0433 e. The molecule has 45 heavy (non-hydrogen) atoms. The van der Waals surface area contributed by atoms with E-state index in [1.165, 1.54) is 93.6 Å². The van der Waals surface area contributed by atoms with Crippen LogP contribution >= 0.6 is 11.3 Å². The summed E-state index contributed by atoms with van der Waals surface area (Å²) < 4.78 is 2.94. The molecule has 0 saturated heterocycles. The zero-order chi connectivity index (χ0) is 29.5. The van der Waals surface area contributed by atoms with Gasteiger partial charge < -0.3 is 0 Å². The molecular formula is C44H34S. The second-order valence-corrected chi connectivity index (χ2v) is 14.4. The Bertz CT molecular complexity index is 2380. The Morgan fingerprint density at radius 1 is 0.689 bits per heavy atom. The number of fused-ring (bicyclic) bond motifs is 12. The zero-order valence-electron chi connectivity index (χ0n) is 25.4. The fraction of sp³-hybridized carbons (Fsp3) is 0.182. The lowest BCUT2D eigenvalue weighted by Crippen LogP contribution is -2.26. The number of benzene rings is 4. The molecule has 0 nitrogen and oxygen atoms in total. The van der Waals surface area contributed by atoms with Crippen molar-refractivity contribution in [2.24, 2.45) is 5.92 Å². The third-order valence-electron chi connectivity index (χ3n) is 11.0. The first-order valence-corrected chi connectivity index (χ1v) is 17.5. The quantitative estimate of drug-likeness (QED) is 0.191. The molecule has 0 N–H and O–H groups in total. The molecule has 0 bridgehead atoms. The summed E-state index contributed by atoms with van der Waals surface area (Å²) in [6.07, 6.45) is 23.8. The van der Waals surface area contributed by atoms with Crippen LogP contribution in [0.1, 0.15) is 61.1 Å². The van der Waals surface area contributed by atoms with E-state index in [1.54, 1.807) is 5.57 Å². The summed E-state index contributed by atoms with van der Waals surface area (Å²) in [6, 6.07) is 30.1. The minimum Gasteiger partial charge on any atom is -0.134 e. The van der Waals surface area contributed by atoms with Gasteiger partial charge in [0.2, 0.25) is 0 Å². The van der Waals surface area contributed by atoms with Crippen LogP contribution in [-0.2, 0) is 0 Å². The van der Waals surface area contributed by atoms with Crippen molar-refractivity contribution in [3.05, 3.63) is 153 Å². The molecular weight excluding hydrogens is 561 g/mol. The zero-order valence-corrected chi connectivity index (χ0v) is 26.2. The number of rotatable bonds is 2. The van der Waals surface area contributed by atoms with Gasteiger partial charge in [-0.2, -0.15) is 0 Å². The van der Waals surface area contributed by atoms with E-state index >= 15 is 0 Å². The maximum atomic E-state index is 2.49. The summed E-state index contributed by atoms with van der Waals surface area (Å²) in [4.78, 5) is 0. The van der Waals surface area contributed by atoms with E-state index < -0.39 is 0 Å². The Kier molecular flexibility index (Phi) is 5.75. The minimum atomic E-state index is 0.394. The highest BCUT2D eigenvalue weighted by atomic mass is 32.1. The topological polar surface area (TPSA) is 0 Å². The van der Waals surface area contributed by atoms with E-state index in [-0.39, 0.29) is 0 Å². The first-order valence-electron chi connectivity index (χ1n) is 16.7. The van der Waals surface area contributed by atoms with Crippen molar-refractivity contribution in [1.82, 2.24) is 0 Å². The number of hydrogen-bond acceptors (Lipinski definition) is 1. The number of allylic oxidation sites excluding steroid dienone is 10. The Morgan fingerprint density at radius 3 is 2.60 bits per heavy atom. The first kappa shape index (κ1) is 25.8. The second kappa shape index (κ2) is 10.0. The number of thiophene rings is 1. The Morgan fingerprint density at radius 2 is 1.60 bits per heavy atom. The molecule has 2 atom stereocenters. The molecule has 1 heteroatoms. The van der Waals surface area contributed by atoms with E-state index in [0.29, 0.717) is 11.8 Å². The van der Waals surface area contributed by atoms with Crippen molar-refractivity contribution in [3.63, 3.8) is 0 Å². The fourth-order valence-electron chi connectivity index (χ4n) is 8.78. The molecule has 4 aromatic carbocycles. The van der Waals surface area contributed by atoms with Crippen molar-refractivity contribution in [3.8, 4) is 11.1 Å². The maximum absolute atomic E-state index is 2.49. The van der Waals surface area contributed by atoms with Gasteiger partial charge in [0, 0.05) is 20.5 Å². The van der Waals surface area contributed by atoms with Crippen LogP contribution in [0.2, 0.25) is 0 Å². The molecule has 5 aliphatic carbocycles. The third kappa shape index (κ3) is 3.97. The molecule has 0 spiro atoms. The van der Waals surface area contributed by atoms with Gasteiger partial charge in [-0.15, -0.1) is 11.3 Å². The summed E-state index contributed by atoms with van der Waals surface area (Å²) in [6.45, 7) is 0. The van der Waals surface area contributed by atoms with Crippen LogP contribution in [0, 0.1) is 5.92 Å². The average Bonchev–Trinajstić information content (AvgIpc) is 3.51. The molecule has 216 valence electrons. The van der Waals surface area contributed by atoms with Gasteiger partial charge in [-0.3, -0.25) is 0 Å². The predicted octanol–water partition coefficient (Wildman–Crippen LogP) is 10.6. The standard InChI is InChI=1S/C44H34S/c1-2-10-29-24-30(17-16-27(29)8-1)31-19-21-37-38-22-20-32(26-42(38)36-13-6-5-12-35(36)41(37)25-31)34-14-7-15-39-40-23-18-28-9-3-4-11-33(28)43(40)45-44(34)39/h1,3-6,8-9,11-13,15-23,25,29,42H,2,7,10,14,24,26H2. The van der Waals surface area contributed by atoms with Crippen LogP contribution in [0.4, 0.5) is 0 Å². The lowest BCUT2D eigenvalue weighted by atomic mass is 9.69. The minimum absolute atomic E-state index is 0.394. The molecule has 0 amide bonds. The molecule has 5 aliphatic rings. The lowest BCUT2D eigenvalue weighted by molar-refractivity contribution is 0.573. The van der Waals surface area contributed by atoms with Crippen molar-refractivity contribution < 1.29 is 0 Å². The Labute approximate surface area is 268 Å². The highest BCUT2D eigenvalue weighted by Gasteiger charge is 2.32. The second-order valence-electron chi connectivity index (χ2n) is 13.4. The largest absolute Gasteiger partial charge is 0.134 e. The van der Waals surface area contributed by atoms with Gasteiger partial charge >= 0.3 is 0 Å². The van der Waals surface area contributed by atoms with Gasteiger partial charge in [0.1, 0.15) is 0 Å². The van der Waals surface area contributed by atoms with Crippen LogP contribution in [0.3, 0.4) is 0 Å². The summed E-state index contributed by atoms with van der Waals surface area (Å²) in [5.74, 6) is 1.06. The van der Waals surface area contributed by atoms with E-state index in [4.69, 9.17) is 0 Å². The van der Waals surface area contributed by atoms with Crippen molar-refractivity contribution in [2.75, 3.05) is 0 Å². The molecule has 5 aromatic rings. The van der Waals surface area contributed by atoms with Crippen LogP contribution in [0.15, 0.2) is 126 Å². The molecule has 0 radical (unpaired) electrons. The average molecular weight is 595 g/mol. The fourth-order valence-corrected chi connectivity index (χ4v) is 10.2. The van der Waals surface area contributed by atoms with Crippen molar-refractivity contribution in [2.45, 2.75) is 44.4 Å². The Hall–Kier alpha value is -4.46.